The molecule has 1 aromatic heterocycles. The monoisotopic (exact) mass is 327 g/mol. The highest BCUT2D eigenvalue weighted by atomic mass is 16.3. The molecule has 2 nitrogen and oxygen atoms in total. The molecular weight excluding hydrogens is 306 g/mol. The minimum absolute atomic E-state index is 0.662. The fraction of sp³-hybridized carbons (Fsp3) is 0.130. The molecule has 0 aliphatic heterocycles. The van der Waals surface area contributed by atoms with Crippen molar-refractivity contribution in [2.75, 3.05) is 0 Å². The Morgan fingerprint density at radius 1 is 0.920 bits per heavy atom. The molecule has 0 saturated carbocycles. The minimum atomic E-state index is -0.662. The van der Waals surface area contributed by atoms with Gasteiger partial charge < -0.3 is 10.1 Å². The number of hydrogen-bond donors (Lipinski definition) is 2. The molecule has 1 atom stereocenters. The van der Waals surface area contributed by atoms with Crippen molar-refractivity contribution in [3.05, 3.63) is 89.3 Å². The summed E-state index contributed by atoms with van der Waals surface area (Å²) in [5, 5.41) is 15.8. The van der Waals surface area contributed by atoms with Crippen LogP contribution in [0.2, 0.25) is 0 Å². The third kappa shape index (κ3) is 2.55. The summed E-state index contributed by atoms with van der Waals surface area (Å²) in [6.07, 6.45) is 5.29. The van der Waals surface area contributed by atoms with Crippen LogP contribution in [0.5, 0.6) is 0 Å². The van der Waals surface area contributed by atoms with Gasteiger partial charge in [0, 0.05) is 17.5 Å². The second-order valence-electron chi connectivity index (χ2n) is 6.42. The van der Waals surface area contributed by atoms with E-state index in [1.54, 1.807) is 0 Å². The van der Waals surface area contributed by atoms with Gasteiger partial charge in [-0.3, -0.25) is 0 Å². The summed E-state index contributed by atoms with van der Waals surface area (Å²) in [5.74, 6) is 0. The number of fused-ring (bicyclic) bond motifs is 3. The van der Waals surface area contributed by atoms with Crippen LogP contribution in [-0.4, -0.2) is 10.1 Å². The van der Waals surface area contributed by atoms with E-state index >= 15 is 0 Å². The zero-order chi connectivity index (χ0) is 17.4. The maximum Gasteiger partial charge on any atom is 0.106 e. The van der Waals surface area contributed by atoms with Gasteiger partial charge in [0.05, 0.1) is 0 Å². The Kier molecular flexibility index (Phi) is 3.90. The van der Waals surface area contributed by atoms with Crippen molar-refractivity contribution < 1.29 is 5.11 Å². The van der Waals surface area contributed by atoms with E-state index in [1.165, 1.54) is 10.8 Å². The summed E-state index contributed by atoms with van der Waals surface area (Å²) in [7, 11) is 0. The first kappa shape index (κ1) is 15.7. The zero-order valence-electron chi connectivity index (χ0n) is 14.5. The van der Waals surface area contributed by atoms with Crippen LogP contribution in [0.25, 0.3) is 27.6 Å². The lowest BCUT2D eigenvalue weighted by Gasteiger charge is -2.16. The lowest BCUT2D eigenvalue weighted by Crippen LogP contribution is -2.01. The predicted molar refractivity (Wildman–Crippen MR) is 106 cm³/mol. The molecule has 0 radical (unpaired) electrons. The smallest absolute Gasteiger partial charge is 0.106 e. The molecule has 0 fully saturated rings. The number of aliphatic hydroxyl groups is 1. The van der Waals surface area contributed by atoms with Gasteiger partial charge in [-0.2, -0.15) is 0 Å². The maximum absolute atomic E-state index is 11.2. The number of aliphatic hydroxyl groups excluding tert-OH is 1. The van der Waals surface area contributed by atoms with Gasteiger partial charge in [0.25, 0.3) is 0 Å². The van der Waals surface area contributed by atoms with Gasteiger partial charge in [-0.25, -0.2) is 0 Å². The highest BCUT2D eigenvalue weighted by molar-refractivity contribution is 6.09. The molecular formula is C23H21NO. The van der Waals surface area contributed by atoms with E-state index in [0.717, 1.165) is 33.2 Å². The number of aromatic nitrogens is 1. The largest absolute Gasteiger partial charge is 0.384 e. The van der Waals surface area contributed by atoms with E-state index in [2.05, 4.69) is 47.4 Å². The lowest BCUT2D eigenvalue weighted by atomic mass is 9.91. The van der Waals surface area contributed by atoms with Crippen LogP contribution in [0, 0.1) is 6.92 Å². The number of benzene rings is 3. The molecule has 0 aliphatic rings. The third-order valence-electron chi connectivity index (χ3n) is 4.94. The quantitative estimate of drug-likeness (QED) is 0.462. The lowest BCUT2D eigenvalue weighted by molar-refractivity contribution is 0.221. The summed E-state index contributed by atoms with van der Waals surface area (Å²) in [6, 6.07) is 18.8. The number of hydrogen-bond acceptors (Lipinski definition) is 1. The Morgan fingerprint density at radius 2 is 1.60 bits per heavy atom. The molecule has 4 rings (SSSR count). The van der Waals surface area contributed by atoms with E-state index in [0.29, 0.717) is 0 Å². The fourth-order valence-corrected chi connectivity index (χ4v) is 3.63. The van der Waals surface area contributed by atoms with E-state index in [1.807, 2.05) is 44.3 Å². The number of aromatic amines is 1. The van der Waals surface area contributed by atoms with Crippen molar-refractivity contribution in [3.8, 4) is 0 Å². The molecule has 3 aromatic carbocycles. The summed E-state index contributed by atoms with van der Waals surface area (Å²) < 4.78 is 0. The van der Waals surface area contributed by atoms with Gasteiger partial charge in [0.1, 0.15) is 6.10 Å². The van der Waals surface area contributed by atoms with Crippen LogP contribution in [0.1, 0.15) is 35.4 Å². The average Bonchev–Trinajstić information content (AvgIpc) is 3.01. The van der Waals surface area contributed by atoms with Crippen molar-refractivity contribution in [2.45, 2.75) is 20.0 Å². The number of nitrogens with one attached hydrogen (secondary N) is 1. The average molecular weight is 327 g/mol. The third-order valence-corrected chi connectivity index (χ3v) is 4.94. The van der Waals surface area contributed by atoms with Gasteiger partial charge in [-0.05, 0) is 58.7 Å². The van der Waals surface area contributed by atoms with E-state index in [4.69, 9.17) is 0 Å². The van der Waals surface area contributed by atoms with Crippen molar-refractivity contribution >= 4 is 27.6 Å². The molecule has 25 heavy (non-hydrogen) atoms. The van der Waals surface area contributed by atoms with Crippen LogP contribution in [-0.2, 0) is 0 Å². The van der Waals surface area contributed by atoms with Crippen molar-refractivity contribution in [1.29, 1.82) is 0 Å². The molecule has 2 heteroatoms. The van der Waals surface area contributed by atoms with E-state index < -0.39 is 6.10 Å². The Morgan fingerprint density at radius 3 is 2.36 bits per heavy atom. The predicted octanol–water partition coefficient (Wildman–Crippen LogP) is 5.74. The van der Waals surface area contributed by atoms with Gasteiger partial charge in [-0.15, -0.1) is 0 Å². The molecule has 0 aliphatic carbocycles. The molecule has 1 unspecified atom stereocenters. The number of allylic oxidation sites excluding steroid dienone is 1. The first-order valence-electron chi connectivity index (χ1n) is 8.59. The SMILES string of the molecule is C/C=C\c1[nH]cc(C(O)c2cc3ccccc3c3ccccc23)c1C. The van der Waals surface area contributed by atoms with Crippen molar-refractivity contribution in [1.82, 2.24) is 4.98 Å². The number of rotatable bonds is 3. The van der Waals surface area contributed by atoms with E-state index in [-0.39, 0.29) is 0 Å². The summed E-state index contributed by atoms with van der Waals surface area (Å²) in [5.41, 5.74) is 4.00. The zero-order valence-corrected chi connectivity index (χ0v) is 14.5. The van der Waals surface area contributed by atoms with Gasteiger partial charge in [0.2, 0.25) is 0 Å². The van der Waals surface area contributed by atoms with Gasteiger partial charge in [-0.1, -0.05) is 54.6 Å². The van der Waals surface area contributed by atoms with Crippen LogP contribution in [0.15, 0.2) is 66.9 Å². The Balaban J connectivity index is 1.96. The van der Waals surface area contributed by atoms with Gasteiger partial charge >= 0.3 is 0 Å². The van der Waals surface area contributed by atoms with Gasteiger partial charge in [0.15, 0.2) is 0 Å². The molecule has 0 saturated heterocycles. The summed E-state index contributed by atoms with van der Waals surface area (Å²) >= 11 is 0. The Labute approximate surface area is 147 Å². The molecule has 0 bridgehead atoms. The van der Waals surface area contributed by atoms with Crippen LogP contribution >= 0.6 is 0 Å². The Hall–Kier alpha value is -2.84. The molecule has 4 aromatic rings. The molecule has 2 N–H and O–H groups in total. The van der Waals surface area contributed by atoms with Crippen molar-refractivity contribution in [3.63, 3.8) is 0 Å². The van der Waals surface area contributed by atoms with Crippen LogP contribution in [0.3, 0.4) is 0 Å². The standard InChI is InChI=1S/C23H21NO/c1-3-8-22-15(2)21(14-24-22)23(25)20-13-16-9-4-5-10-17(16)18-11-6-7-12-19(18)20/h3-14,23-25H,1-2H3/b8-3-. The van der Waals surface area contributed by atoms with Crippen molar-refractivity contribution in [2.24, 2.45) is 0 Å². The highest BCUT2D eigenvalue weighted by Gasteiger charge is 2.19. The minimum Gasteiger partial charge on any atom is -0.384 e. The topological polar surface area (TPSA) is 36.0 Å². The summed E-state index contributed by atoms with van der Waals surface area (Å²) in [4.78, 5) is 3.26. The molecule has 124 valence electrons. The second-order valence-corrected chi connectivity index (χ2v) is 6.42. The highest BCUT2D eigenvalue weighted by Crippen LogP contribution is 2.35. The van der Waals surface area contributed by atoms with Crippen LogP contribution in [0.4, 0.5) is 0 Å². The first-order valence-corrected chi connectivity index (χ1v) is 8.59. The van der Waals surface area contributed by atoms with E-state index in [9.17, 15) is 5.11 Å². The number of H-pyrrole nitrogens is 1. The van der Waals surface area contributed by atoms with Crippen LogP contribution < -0.4 is 0 Å². The Bertz CT molecular complexity index is 1090. The second kappa shape index (κ2) is 6.23. The maximum atomic E-state index is 11.2. The molecule has 0 amide bonds. The first-order chi connectivity index (χ1) is 12.2. The molecule has 1 heterocycles. The molecule has 0 spiro atoms. The normalized spacial score (nSPS) is 13.1. The summed E-state index contributed by atoms with van der Waals surface area (Å²) in [6.45, 7) is 4.04. The fourth-order valence-electron chi connectivity index (χ4n) is 3.63.